The number of alkyl carbamates (subject to hydrolysis) is 1. The predicted octanol–water partition coefficient (Wildman–Crippen LogP) is 5.34. The summed E-state index contributed by atoms with van der Waals surface area (Å²) in [5.41, 5.74) is 5.92. The highest BCUT2D eigenvalue weighted by molar-refractivity contribution is 7.10. The molecule has 0 saturated carbocycles. The number of rotatable bonds is 4. The molecule has 0 unspecified atom stereocenters. The minimum absolute atomic E-state index is 0.0831. The Hall–Kier alpha value is -3.03. The van der Waals surface area contributed by atoms with Crippen molar-refractivity contribution in [1.82, 2.24) is 5.32 Å². The van der Waals surface area contributed by atoms with E-state index < -0.39 is 6.09 Å². The summed E-state index contributed by atoms with van der Waals surface area (Å²) in [6, 6.07) is 18.7. The lowest BCUT2D eigenvalue weighted by Crippen LogP contribution is -2.26. The lowest BCUT2D eigenvalue weighted by Gasteiger charge is -2.14. The van der Waals surface area contributed by atoms with E-state index in [0.717, 1.165) is 5.56 Å². The molecule has 4 heteroatoms. The van der Waals surface area contributed by atoms with Crippen LogP contribution in [0, 0.1) is 18.8 Å². The van der Waals surface area contributed by atoms with Crippen LogP contribution in [0.1, 0.15) is 33.9 Å². The molecule has 0 aliphatic heterocycles. The predicted molar refractivity (Wildman–Crippen MR) is 114 cm³/mol. The number of amides is 1. The van der Waals surface area contributed by atoms with Crippen molar-refractivity contribution in [2.45, 2.75) is 19.3 Å². The summed E-state index contributed by atoms with van der Waals surface area (Å²) in [6.45, 7) is 2.88. The number of benzene rings is 2. The highest BCUT2D eigenvalue weighted by Gasteiger charge is 2.28. The van der Waals surface area contributed by atoms with E-state index in [1.807, 2.05) is 29.6 Å². The van der Waals surface area contributed by atoms with Gasteiger partial charge in [0.2, 0.25) is 0 Å². The first kappa shape index (κ1) is 18.3. The van der Waals surface area contributed by atoms with E-state index in [4.69, 9.17) is 4.74 Å². The van der Waals surface area contributed by atoms with Crippen LogP contribution in [0.5, 0.6) is 0 Å². The maximum atomic E-state index is 12.1. The summed E-state index contributed by atoms with van der Waals surface area (Å²) in [4.78, 5) is 13.3. The zero-order chi connectivity index (χ0) is 19.3. The molecule has 4 rings (SSSR count). The fourth-order valence-corrected chi connectivity index (χ4v) is 4.18. The van der Waals surface area contributed by atoms with Gasteiger partial charge in [0, 0.05) is 34.7 Å². The van der Waals surface area contributed by atoms with E-state index >= 15 is 0 Å². The third-order valence-electron chi connectivity index (χ3n) is 4.83. The van der Waals surface area contributed by atoms with Crippen LogP contribution in [0.2, 0.25) is 0 Å². The zero-order valence-electron chi connectivity index (χ0n) is 15.7. The first-order valence-corrected chi connectivity index (χ1v) is 10.2. The van der Waals surface area contributed by atoms with Gasteiger partial charge in [0.05, 0.1) is 0 Å². The number of fused-ring (bicyclic) bond motifs is 3. The molecule has 1 heterocycles. The van der Waals surface area contributed by atoms with Crippen LogP contribution in [-0.2, 0) is 4.74 Å². The highest BCUT2D eigenvalue weighted by atomic mass is 32.1. The number of nitrogens with one attached hydrogen (secondary N) is 1. The number of hydrogen-bond acceptors (Lipinski definition) is 3. The van der Waals surface area contributed by atoms with E-state index in [1.54, 1.807) is 11.3 Å². The molecular formula is C24H21NO2S. The number of hydrogen-bond donors (Lipinski definition) is 1. The van der Waals surface area contributed by atoms with Gasteiger partial charge in [0.15, 0.2) is 0 Å². The Labute approximate surface area is 169 Å². The van der Waals surface area contributed by atoms with Crippen molar-refractivity contribution in [2.24, 2.45) is 0 Å². The molecule has 1 N–H and O–H groups in total. The van der Waals surface area contributed by atoms with Gasteiger partial charge in [-0.1, -0.05) is 60.4 Å². The third kappa shape index (κ3) is 3.95. The molecule has 3 aromatic rings. The Kier molecular flexibility index (Phi) is 5.45. The van der Waals surface area contributed by atoms with E-state index in [0.29, 0.717) is 19.6 Å². The van der Waals surface area contributed by atoms with E-state index in [-0.39, 0.29) is 5.92 Å². The summed E-state index contributed by atoms with van der Waals surface area (Å²) in [6.07, 6.45) is 0.203. The van der Waals surface area contributed by atoms with Crippen molar-refractivity contribution in [2.75, 3.05) is 13.2 Å². The molecule has 0 atom stereocenters. The number of carbonyl (C=O) groups is 1. The van der Waals surface area contributed by atoms with Crippen molar-refractivity contribution in [3.05, 3.63) is 81.5 Å². The fourth-order valence-electron chi connectivity index (χ4n) is 3.55. The number of carbonyl (C=O) groups excluding carboxylic acids is 1. The Bertz CT molecular complexity index is 1010. The van der Waals surface area contributed by atoms with Crippen molar-refractivity contribution in [3.8, 4) is 23.0 Å². The van der Waals surface area contributed by atoms with Crippen LogP contribution in [0.3, 0.4) is 0 Å². The average Bonchev–Trinajstić information content (AvgIpc) is 3.27. The van der Waals surface area contributed by atoms with Crippen molar-refractivity contribution >= 4 is 17.4 Å². The molecular weight excluding hydrogens is 366 g/mol. The lowest BCUT2D eigenvalue weighted by atomic mass is 9.98. The molecule has 140 valence electrons. The molecule has 0 bridgehead atoms. The Balaban J connectivity index is 1.30. The highest BCUT2D eigenvalue weighted by Crippen LogP contribution is 2.44. The lowest BCUT2D eigenvalue weighted by molar-refractivity contribution is 0.143. The van der Waals surface area contributed by atoms with E-state index in [2.05, 4.69) is 54.4 Å². The van der Waals surface area contributed by atoms with E-state index in [1.165, 1.54) is 27.1 Å². The van der Waals surface area contributed by atoms with Gasteiger partial charge >= 0.3 is 6.09 Å². The summed E-state index contributed by atoms with van der Waals surface area (Å²) >= 11 is 1.69. The van der Waals surface area contributed by atoms with Gasteiger partial charge in [-0.15, -0.1) is 11.3 Å². The molecule has 1 aliphatic rings. The van der Waals surface area contributed by atoms with Crippen molar-refractivity contribution < 1.29 is 9.53 Å². The van der Waals surface area contributed by atoms with Crippen LogP contribution >= 0.6 is 11.3 Å². The average molecular weight is 388 g/mol. The quantitative estimate of drug-likeness (QED) is 0.485. The van der Waals surface area contributed by atoms with Gasteiger partial charge in [-0.05, 0) is 35.2 Å². The van der Waals surface area contributed by atoms with Crippen molar-refractivity contribution in [3.63, 3.8) is 0 Å². The maximum absolute atomic E-state index is 12.1. The molecule has 0 spiro atoms. The second-order valence-electron chi connectivity index (χ2n) is 6.75. The van der Waals surface area contributed by atoms with Gasteiger partial charge in [-0.3, -0.25) is 0 Å². The van der Waals surface area contributed by atoms with Gasteiger partial charge < -0.3 is 10.1 Å². The fraction of sp³-hybridized carbons (Fsp3) is 0.208. The summed E-state index contributed by atoms with van der Waals surface area (Å²) in [7, 11) is 0. The molecule has 0 saturated heterocycles. The molecule has 3 nitrogen and oxygen atoms in total. The SMILES string of the molecule is Cc1cc(C#CCCNC(=O)OCC2c3ccccc3-c3ccccc32)cs1. The first-order valence-electron chi connectivity index (χ1n) is 9.35. The second-order valence-corrected chi connectivity index (χ2v) is 7.87. The van der Waals surface area contributed by atoms with Gasteiger partial charge in [0.1, 0.15) is 6.61 Å². The summed E-state index contributed by atoms with van der Waals surface area (Å²) < 4.78 is 5.51. The Morgan fingerprint density at radius 3 is 2.43 bits per heavy atom. The maximum Gasteiger partial charge on any atom is 0.407 e. The summed E-state index contributed by atoms with van der Waals surface area (Å²) in [5, 5.41) is 4.83. The number of aryl methyl sites for hydroxylation is 1. The molecule has 0 radical (unpaired) electrons. The smallest absolute Gasteiger partial charge is 0.407 e. The molecule has 1 aliphatic carbocycles. The Morgan fingerprint density at radius 1 is 1.11 bits per heavy atom. The molecule has 28 heavy (non-hydrogen) atoms. The van der Waals surface area contributed by atoms with Crippen LogP contribution in [-0.4, -0.2) is 19.2 Å². The van der Waals surface area contributed by atoms with Crippen LogP contribution < -0.4 is 5.32 Å². The molecule has 0 fully saturated rings. The van der Waals surface area contributed by atoms with Gasteiger partial charge in [0.25, 0.3) is 0 Å². The van der Waals surface area contributed by atoms with Gasteiger partial charge in [-0.2, -0.15) is 0 Å². The van der Waals surface area contributed by atoms with Gasteiger partial charge in [-0.25, -0.2) is 4.79 Å². The third-order valence-corrected chi connectivity index (χ3v) is 5.69. The van der Waals surface area contributed by atoms with Crippen LogP contribution in [0.4, 0.5) is 4.79 Å². The topological polar surface area (TPSA) is 38.3 Å². The van der Waals surface area contributed by atoms with Crippen LogP contribution in [0.15, 0.2) is 60.0 Å². The zero-order valence-corrected chi connectivity index (χ0v) is 16.5. The second kappa shape index (κ2) is 8.33. The number of thiophene rings is 1. The monoisotopic (exact) mass is 387 g/mol. The number of ether oxygens (including phenoxy) is 1. The molecule has 2 aromatic carbocycles. The van der Waals surface area contributed by atoms with Crippen LogP contribution in [0.25, 0.3) is 11.1 Å². The normalized spacial score (nSPS) is 11.9. The minimum atomic E-state index is -0.393. The first-order chi connectivity index (χ1) is 13.7. The van der Waals surface area contributed by atoms with E-state index in [9.17, 15) is 4.79 Å². The standard InChI is InChI=1S/C24H21NO2S/c1-17-14-18(16-28-17)8-6-7-13-25-24(26)27-15-23-21-11-4-2-9-19(21)20-10-3-5-12-22(20)23/h2-5,9-12,14,16,23H,7,13,15H2,1H3,(H,25,26). The minimum Gasteiger partial charge on any atom is -0.449 e. The Morgan fingerprint density at radius 2 is 1.79 bits per heavy atom. The van der Waals surface area contributed by atoms with Crippen molar-refractivity contribution in [1.29, 1.82) is 0 Å². The summed E-state index contributed by atoms with van der Waals surface area (Å²) in [5.74, 6) is 6.27. The largest absolute Gasteiger partial charge is 0.449 e. The molecule has 1 amide bonds. The molecule has 1 aromatic heterocycles.